The molecule has 8 nitrogen and oxygen atoms in total. The van der Waals surface area contributed by atoms with Crippen LogP contribution in [0.25, 0.3) is 10.9 Å². The highest BCUT2D eigenvalue weighted by Gasteiger charge is 2.26. The molecule has 1 aliphatic rings. The van der Waals surface area contributed by atoms with Crippen molar-refractivity contribution in [3.8, 4) is 0 Å². The van der Waals surface area contributed by atoms with Crippen molar-refractivity contribution >= 4 is 34.6 Å². The van der Waals surface area contributed by atoms with Crippen LogP contribution in [-0.4, -0.2) is 57.9 Å². The van der Waals surface area contributed by atoms with Gasteiger partial charge >= 0.3 is 6.03 Å². The fourth-order valence-corrected chi connectivity index (χ4v) is 3.81. The van der Waals surface area contributed by atoms with E-state index < -0.39 is 0 Å². The summed E-state index contributed by atoms with van der Waals surface area (Å²) in [5.41, 5.74) is 0.458. The Balaban J connectivity index is 1.80. The Bertz CT molecular complexity index is 928. The van der Waals surface area contributed by atoms with Crippen molar-refractivity contribution in [2.45, 2.75) is 38.1 Å². The van der Waals surface area contributed by atoms with Crippen molar-refractivity contribution in [1.29, 1.82) is 0 Å². The molecule has 28 heavy (non-hydrogen) atoms. The minimum absolute atomic E-state index is 0.0424. The van der Waals surface area contributed by atoms with Gasteiger partial charge in [-0.3, -0.25) is 19.1 Å². The van der Waals surface area contributed by atoms with E-state index in [4.69, 9.17) is 4.74 Å². The number of urea groups is 1. The molecule has 0 aliphatic carbocycles. The van der Waals surface area contributed by atoms with Gasteiger partial charge in [0.25, 0.3) is 5.56 Å². The number of aromatic nitrogens is 2. The van der Waals surface area contributed by atoms with E-state index in [1.807, 2.05) is 19.9 Å². The average Bonchev–Trinajstić information content (AvgIpc) is 3.10. The monoisotopic (exact) mass is 404 g/mol. The molecule has 2 aromatic rings. The fraction of sp³-hybridized carbons (Fsp3) is 0.474. The van der Waals surface area contributed by atoms with Crippen LogP contribution < -0.4 is 10.9 Å². The number of rotatable bonds is 8. The first kappa shape index (κ1) is 20.3. The number of benzene rings is 1. The number of amides is 3. The van der Waals surface area contributed by atoms with Gasteiger partial charge in [-0.15, -0.1) is 0 Å². The van der Waals surface area contributed by atoms with E-state index in [9.17, 15) is 14.4 Å². The van der Waals surface area contributed by atoms with Gasteiger partial charge in [0, 0.05) is 26.2 Å². The van der Waals surface area contributed by atoms with Crippen LogP contribution in [0.2, 0.25) is 0 Å². The number of hydrogen-bond donors (Lipinski definition) is 1. The summed E-state index contributed by atoms with van der Waals surface area (Å²) in [5, 5.41) is 3.63. The Kier molecular flexibility index (Phi) is 6.69. The molecule has 150 valence electrons. The van der Waals surface area contributed by atoms with Gasteiger partial charge in [0.15, 0.2) is 5.16 Å². The van der Waals surface area contributed by atoms with Gasteiger partial charge in [0.1, 0.15) is 0 Å². The van der Waals surface area contributed by atoms with Crippen LogP contribution in [0.4, 0.5) is 4.79 Å². The molecule has 0 unspecified atom stereocenters. The number of carbonyl (C=O) groups excluding carboxylic acids is 2. The molecule has 0 saturated carbocycles. The summed E-state index contributed by atoms with van der Waals surface area (Å²) in [7, 11) is 0. The Morgan fingerprint density at radius 3 is 2.82 bits per heavy atom. The van der Waals surface area contributed by atoms with E-state index in [1.54, 1.807) is 22.8 Å². The summed E-state index contributed by atoms with van der Waals surface area (Å²) < 4.78 is 7.15. The Morgan fingerprint density at radius 2 is 2.11 bits per heavy atom. The topological polar surface area (TPSA) is 93.5 Å². The van der Waals surface area contributed by atoms with Crippen LogP contribution in [-0.2, 0) is 16.1 Å². The summed E-state index contributed by atoms with van der Waals surface area (Å²) in [6.45, 7) is 5.74. The van der Waals surface area contributed by atoms with E-state index in [0.29, 0.717) is 48.7 Å². The van der Waals surface area contributed by atoms with E-state index in [-0.39, 0.29) is 29.4 Å². The number of carbonyl (C=O) groups is 2. The minimum Gasteiger partial charge on any atom is -0.379 e. The highest BCUT2D eigenvalue weighted by molar-refractivity contribution is 7.99. The maximum Gasteiger partial charge on any atom is 0.324 e. The van der Waals surface area contributed by atoms with Gasteiger partial charge < -0.3 is 10.1 Å². The van der Waals surface area contributed by atoms with Gasteiger partial charge in [-0.1, -0.05) is 23.9 Å². The minimum atomic E-state index is -0.375. The van der Waals surface area contributed by atoms with Crippen LogP contribution >= 0.6 is 11.8 Å². The third-order valence-electron chi connectivity index (χ3n) is 4.29. The number of hydrogen-bond acceptors (Lipinski definition) is 6. The largest absolute Gasteiger partial charge is 0.379 e. The van der Waals surface area contributed by atoms with Crippen molar-refractivity contribution in [2.24, 2.45) is 0 Å². The lowest BCUT2D eigenvalue weighted by Gasteiger charge is -2.15. The predicted molar refractivity (Wildman–Crippen MR) is 108 cm³/mol. The summed E-state index contributed by atoms with van der Waals surface area (Å²) in [4.78, 5) is 42.7. The number of imide groups is 1. The lowest BCUT2D eigenvalue weighted by molar-refractivity contribution is -0.124. The van der Waals surface area contributed by atoms with E-state index >= 15 is 0 Å². The van der Waals surface area contributed by atoms with Crippen molar-refractivity contribution in [2.75, 3.05) is 25.4 Å². The quantitative estimate of drug-likeness (QED) is 0.410. The first-order valence-electron chi connectivity index (χ1n) is 9.29. The highest BCUT2D eigenvalue weighted by Crippen LogP contribution is 2.19. The zero-order chi connectivity index (χ0) is 20.1. The smallest absolute Gasteiger partial charge is 0.324 e. The third kappa shape index (κ3) is 4.71. The average molecular weight is 404 g/mol. The first-order valence-corrected chi connectivity index (χ1v) is 10.3. The Morgan fingerprint density at radius 1 is 1.32 bits per heavy atom. The number of ether oxygens (including phenoxy) is 1. The second-order valence-corrected chi connectivity index (χ2v) is 7.65. The number of fused-ring (bicyclic) bond motifs is 1. The molecule has 3 amide bonds. The molecular formula is C19H24N4O4S. The molecule has 3 rings (SSSR count). The number of nitrogens with zero attached hydrogens (tertiary/aromatic N) is 3. The molecule has 1 fully saturated rings. The molecule has 0 bridgehead atoms. The van der Waals surface area contributed by atoms with Gasteiger partial charge in [-0.25, -0.2) is 9.78 Å². The molecule has 1 aromatic carbocycles. The molecule has 1 N–H and O–H groups in total. The van der Waals surface area contributed by atoms with Crippen LogP contribution in [0.1, 0.15) is 20.3 Å². The van der Waals surface area contributed by atoms with Gasteiger partial charge in [-0.2, -0.15) is 0 Å². The van der Waals surface area contributed by atoms with Crippen molar-refractivity contribution in [3.05, 3.63) is 34.6 Å². The predicted octanol–water partition coefficient (Wildman–Crippen LogP) is 1.86. The van der Waals surface area contributed by atoms with Crippen molar-refractivity contribution in [3.63, 3.8) is 0 Å². The summed E-state index contributed by atoms with van der Waals surface area (Å²) in [6, 6.07) is 6.78. The first-order chi connectivity index (χ1) is 13.5. The normalized spacial score (nSPS) is 14.1. The Hall–Kier alpha value is -2.39. The zero-order valence-electron chi connectivity index (χ0n) is 16.0. The molecular weight excluding hydrogens is 380 g/mol. The molecule has 1 aromatic heterocycles. The second kappa shape index (κ2) is 9.20. The van der Waals surface area contributed by atoms with Crippen LogP contribution in [0, 0.1) is 0 Å². The van der Waals surface area contributed by atoms with E-state index in [1.165, 1.54) is 16.7 Å². The van der Waals surface area contributed by atoms with Crippen LogP contribution in [0.5, 0.6) is 0 Å². The zero-order valence-corrected chi connectivity index (χ0v) is 16.8. The molecule has 0 radical (unpaired) electrons. The van der Waals surface area contributed by atoms with E-state index in [0.717, 1.165) is 0 Å². The Labute approximate surface area is 167 Å². The molecule has 0 spiro atoms. The van der Waals surface area contributed by atoms with E-state index in [2.05, 4.69) is 10.3 Å². The van der Waals surface area contributed by atoms with Gasteiger partial charge in [-0.05, 0) is 32.4 Å². The lowest BCUT2D eigenvalue weighted by atomic mass is 10.2. The van der Waals surface area contributed by atoms with Gasteiger partial charge in [0.2, 0.25) is 5.91 Å². The van der Waals surface area contributed by atoms with Crippen LogP contribution in [0.15, 0.2) is 34.2 Å². The third-order valence-corrected chi connectivity index (χ3v) is 5.25. The highest BCUT2D eigenvalue weighted by atomic mass is 32.2. The van der Waals surface area contributed by atoms with Crippen molar-refractivity contribution in [1.82, 2.24) is 19.8 Å². The number of nitrogens with one attached hydrogen (secondary N) is 1. The maximum absolute atomic E-state index is 12.9. The number of thioether (sulfide) groups is 1. The summed E-state index contributed by atoms with van der Waals surface area (Å²) in [5.74, 6) is -0.252. The summed E-state index contributed by atoms with van der Waals surface area (Å²) >= 11 is 1.18. The molecule has 0 atom stereocenters. The molecule has 2 heterocycles. The molecule has 1 aliphatic heterocycles. The lowest BCUT2D eigenvalue weighted by Crippen LogP contribution is -2.35. The molecule has 9 heteroatoms. The molecule has 1 saturated heterocycles. The standard InChI is InChI=1S/C19H24N4O4S/c1-13(2)27-11-5-9-23-17(25)14-6-3-4-7-15(14)21-19(23)28-12-16(24)22-10-8-20-18(22)26/h3-4,6-7,13H,5,8-12H2,1-2H3,(H,20,26). The SMILES string of the molecule is CC(C)OCCCn1c(SCC(=O)N2CCNC2=O)nc2ccccc2c1=O. The second-order valence-electron chi connectivity index (χ2n) is 6.71. The van der Waals surface area contributed by atoms with Gasteiger partial charge in [0.05, 0.1) is 22.8 Å². The number of para-hydroxylation sites is 1. The maximum atomic E-state index is 12.9. The van der Waals surface area contributed by atoms with Crippen LogP contribution in [0.3, 0.4) is 0 Å². The van der Waals surface area contributed by atoms with Crippen molar-refractivity contribution < 1.29 is 14.3 Å². The fourth-order valence-electron chi connectivity index (χ4n) is 2.91. The summed E-state index contributed by atoms with van der Waals surface area (Å²) in [6.07, 6.45) is 0.790.